The molecule has 0 aromatic heterocycles. The zero-order chi connectivity index (χ0) is 12.8. The normalized spacial score (nSPS) is 12.2. The van der Waals surface area contributed by atoms with Crippen molar-refractivity contribution in [3.63, 3.8) is 0 Å². The quantitative estimate of drug-likeness (QED) is 0.629. The first-order valence-electron chi connectivity index (χ1n) is 5.34. The Morgan fingerprint density at radius 2 is 2.29 bits per heavy atom. The largest absolute Gasteiger partial charge is 0.377 e. The molecule has 0 amide bonds. The van der Waals surface area contributed by atoms with Gasteiger partial charge >= 0.3 is 0 Å². The topological polar surface area (TPSA) is 64.4 Å². The lowest BCUT2D eigenvalue weighted by molar-refractivity contribution is -0.383. The van der Waals surface area contributed by atoms with Gasteiger partial charge in [-0.15, -0.1) is 0 Å². The van der Waals surface area contributed by atoms with Gasteiger partial charge in [-0.1, -0.05) is 11.6 Å². The van der Waals surface area contributed by atoms with E-state index in [4.69, 9.17) is 16.3 Å². The van der Waals surface area contributed by atoms with Crippen LogP contribution in [0.25, 0.3) is 0 Å². The molecule has 0 radical (unpaired) electrons. The minimum Gasteiger partial charge on any atom is -0.377 e. The Labute approximate surface area is 105 Å². The molecule has 0 aliphatic carbocycles. The first-order chi connectivity index (χ1) is 8.04. The van der Waals surface area contributed by atoms with Crippen molar-refractivity contribution in [2.24, 2.45) is 0 Å². The van der Waals surface area contributed by atoms with Crippen LogP contribution in [0.5, 0.6) is 0 Å². The van der Waals surface area contributed by atoms with Gasteiger partial charge in [-0.05, 0) is 26.0 Å². The molecular weight excluding hydrogens is 244 g/mol. The predicted octanol–water partition coefficient (Wildman–Crippen LogP) is 3.09. The molecule has 0 bridgehead atoms. The van der Waals surface area contributed by atoms with Crippen LogP contribution in [0.4, 0.5) is 11.4 Å². The molecule has 1 aromatic carbocycles. The Kier molecular flexibility index (Phi) is 5.18. The summed E-state index contributed by atoms with van der Waals surface area (Å²) in [6, 6.07) is 4.54. The SMILES string of the molecule is CCOC(C)CNc1ccc(Cl)cc1[N+](=O)[O-]. The molecule has 0 heterocycles. The molecule has 1 unspecified atom stereocenters. The fourth-order valence-corrected chi connectivity index (χ4v) is 1.57. The molecule has 0 saturated carbocycles. The van der Waals surface area contributed by atoms with Crippen LogP contribution in [0.2, 0.25) is 5.02 Å². The lowest BCUT2D eigenvalue weighted by Gasteiger charge is -2.13. The Bertz CT molecular complexity index is 398. The predicted molar refractivity (Wildman–Crippen MR) is 67.7 cm³/mol. The van der Waals surface area contributed by atoms with E-state index in [1.165, 1.54) is 6.07 Å². The van der Waals surface area contributed by atoms with Gasteiger partial charge < -0.3 is 10.1 Å². The van der Waals surface area contributed by atoms with Gasteiger partial charge in [0.2, 0.25) is 0 Å². The highest BCUT2D eigenvalue weighted by atomic mass is 35.5. The van der Waals surface area contributed by atoms with Crippen molar-refractivity contribution in [1.29, 1.82) is 0 Å². The van der Waals surface area contributed by atoms with Gasteiger partial charge in [-0.25, -0.2) is 0 Å². The second-order valence-electron chi connectivity index (χ2n) is 3.57. The van der Waals surface area contributed by atoms with E-state index >= 15 is 0 Å². The molecule has 0 fully saturated rings. The number of rotatable bonds is 6. The molecule has 0 aliphatic rings. The highest BCUT2D eigenvalue weighted by Crippen LogP contribution is 2.27. The fraction of sp³-hybridized carbons (Fsp3) is 0.455. The van der Waals surface area contributed by atoms with Crippen molar-refractivity contribution >= 4 is 23.0 Å². The Morgan fingerprint density at radius 3 is 2.88 bits per heavy atom. The number of benzene rings is 1. The molecule has 6 heteroatoms. The molecule has 0 aliphatic heterocycles. The van der Waals surface area contributed by atoms with E-state index in [0.29, 0.717) is 23.9 Å². The van der Waals surface area contributed by atoms with Gasteiger partial charge in [0.25, 0.3) is 5.69 Å². The molecule has 0 saturated heterocycles. The fourth-order valence-electron chi connectivity index (χ4n) is 1.40. The van der Waals surface area contributed by atoms with Crippen LogP contribution >= 0.6 is 11.6 Å². The van der Waals surface area contributed by atoms with Crippen LogP contribution in [0.3, 0.4) is 0 Å². The summed E-state index contributed by atoms with van der Waals surface area (Å²) in [5.41, 5.74) is 0.423. The molecule has 1 aromatic rings. The van der Waals surface area contributed by atoms with Crippen molar-refractivity contribution in [3.8, 4) is 0 Å². The number of nitro groups is 1. The van der Waals surface area contributed by atoms with Gasteiger partial charge in [0.1, 0.15) is 5.69 Å². The summed E-state index contributed by atoms with van der Waals surface area (Å²) in [6.45, 7) is 4.93. The maximum atomic E-state index is 10.8. The van der Waals surface area contributed by atoms with Crippen molar-refractivity contribution in [3.05, 3.63) is 33.3 Å². The lowest BCUT2D eigenvalue weighted by Crippen LogP contribution is -2.20. The number of nitrogens with one attached hydrogen (secondary N) is 1. The van der Waals surface area contributed by atoms with E-state index in [9.17, 15) is 10.1 Å². The zero-order valence-electron chi connectivity index (χ0n) is 9.77. The van der Waals surface area contributed by atoms with E-state index in [0.717, 1.165) is 0 Å². The number of ether oxygens (including phenoxy) is 1. The highest BCUT2D eigenvalue weighted by molar-refractivity contribution is 6.30. The van der Waals surface area contributed by atoms with Gasteiger partial charge in [0, 0.05) is 24.2 Å². The van der Waals surface area contributed by atoms with Crippen molar-refractivity contribution in [1.82, 2.24) is 0 Å². The van der Waals surface area contributed by atoms with Gasteiger partial charge in [-0.2, -0.15) is 0 Å². The van der Waals surface area contributed by atoms with Gasteiger partial charge in [0.05, 0.1) is 11.0 Å². The van der Waals surface area contributed by atoms with E-state index in [1.807, 2.05) is 13.8 Å². The van der Waals surface area contributed by atoms with Crippen LogP contribution < -0.4 is 5.32 Å². The summed E-state index contributed by atoms with van der Waals surface area (Å²) >= 11 is 5.72. The Hall–Kier alpha value is -1.33. The van der Waals surface area contributed by atoms with Crippen LogP contribution in [0, 0.1) is 10.1 Å². The average molecular weight is 259 g/mol. The number of nitro benzene ring substituents is 1. The second-order valence-corrected chi connectivity index (χ2v) is 4.00. The average Bonchev–Trinajstić information content (AvgIpc) is 2.27. The van der Waals surface area contributed by atoms with Crippen LogP contribution in [-0.4, -0.2) is 24.2 Å². The van der Waals surface area contributed by atoms with Crippen molar-refractivity contribution < 1.29 is 9.66 Å². The summed E-state index contributed by atoms with van der Waals surface area (Å²) < 4.78 is 5.33. The first kappa shape index (κ1) is 13.7. The number of nitrogens with zero attached hydrogens (tertiary/aromatic N) is 1. The van der Waals surface area contributed by atoms with Crippen LogP contribution in [0.15, 0.2) is 18.2 Å². The van der Waals surface area contributed by atoms with E-state index < -0.39 is 4.92 Å². The molecule has 1 rings (SSSR count). The van der Waals surface area contributed by atoms with Crippen LogP contribution in [-0.2, 0) is 4.74 Å². The number of hydrogen-bond donors (Lipinski definition) is 1. The maximum absolute atomic E-state index is 10.8. The molecule has 94 valence electrons. The minimum atomic E-state index is -0.459. The minimum absolute atomic E-state index is 0.00437. The number of anilines is 1. The van der Waals surface area contributed by atoms with E-state index in [-0.39, 0.29) is 11.8 Å². The zero-order valence-corrected chi connectivity index (χ0v) is 10.5. The van der Waals surface area contributed by atoms with Crippen molar-refractivity contribution in [2.45, 2.75) is 20.0 Å². The Balaban J connectivity index is 2.73. The maximum Gasteiger partial charge on any atom is 0.293 e. The highest BCUT2D eigenvalue weighted by Gasteiger charge is 2.14. The summed E-state index contributed by atoms with van der Waals surface area (Å²) in [7, 11) is 0. The molecule has 1 atom stereocenters. The summed E-state index contributed by atoms with van der Waals surface area (Å²) in [5, 5.41) is 14.1. The van der Waals surface area contributed by atoms with Crippen LogP contribution in [0.1, 0.15) is 13.8 Å². The molecular formula is C11H15ClN2O3. The van der Waals surface area contributed by atoms with E-state index in [1.54, 1.807) is 12.1 Å². The third-order valence-corrected chi connectivity index (χ3v) is 2.42. The number of hydrogen-bond acceptors (Lipinski definition) is 4. The smallest absolute Gasteiger partial charge is 0.293 e. The van der Waals surface area contributed by atoms with Gasteiger partial charge in [-0.3, -0.25) is 10.1 Å². The third-order valence-electron chi connectivity index (χ3n) is 2.19. The number of halogens is 1. The summed E-state index contributed by atoms with van der Waals surface area (Å²) in [5.74, 6) is 0. The lowest BCUT2D eigenvalue weighted by atomic mass is 10.2. The second kappa shape index (κ2) is 6.42. The van der Waals surface area contributed by atoms with Gasteiger partial charge in [0.15, 0.2) is 0 Å². The third kappa shape index (κ3) is 4.20. The Morgan fingerprint density at radius 1 is 1.59 bits per heavy atom. The standard InChI is InChI=1S/C11H15ClN2O3/c1-3-17-8(2)7-13-10-5-4-9(12)6-11(10)14(15)16/h4-6,8,13H,3,7H2,1-2H3. The van der Waals surface area contributed by atoms with E-state index in [2.05, 4.69) is 5.32 Å². The molecule has 17 heavy (non-hydrogen) atoms. The molecule has 1 N–H and O–H groups in total. The summed E-state index contributed by atoms with van der Waals surface area (Å²) in [6.07, 6.45) is -0.00437. The van der Waals surface area contributed by atoms with Crippen molar-refractivity contribution in [2.75, 3.05) is 18.5 Å². The molecule has 0 spiro atoms. The first-order valence-corrected chi connectivity index (χ1v) is 5.71. The monoisotopic (exact) mass is 258 g/mol. The summed E-state index contributed by atoms with van der Waals surface area (Å²) in [4.78, 5) is 10.4. The molecule has 5 nitrogen and oxygen atoms in total.